The Bertz CT molecular complexity index is 166. The quantitative estimate of drug-likeness (QED) is 0.505. The SMILES string of the molecule is CN1CN(CC(=O)O)C([S-])N1. The van der Waals surface area contributed by atoms with Crippen LogP contribution in [-0.4, -0.2) is 46.7 Å². The summed E-state index contributed by atoms with van der Waals surface area (Å²) in [5.41, 5.74) is 2.59. The molecule has 1 saturated heterocycles. The van der Waals surface area contributed by atoms with E-state index in [0.717, 1.165) is 0 Å². The topological polar surface area (TPSA) is 55.8 Å². The van der Waals surface area contributed by atoms with Crippen LogP contribution in [0, 0.1) is 0 Å². The zero-order valence-corrected chi connectivity index (χ0v) is 6.97. The Hall–Kier alpha value is -0.300. The first-order valence-corrected chi connectivity index (χ1v) is 3.65. The fourth-order valence-corrected chi connectivity index (χ4v) is 1.29. The monoisotopic (exact) mass is 176 g/mol. The predicted molar refractivity (Wildman–Crippen MR) is 41.3 cm³/mol. The summed E-state index contributed by atoms with van der Waals surface area (Å²) >= 11 is 4.93. The van der Waals surface area contributed by atoms with Gasteiger partial charge < -0.3 is 17.7 Å². The molecular weight excluding hydrogens is 166 g/mol. The van der Waals surface area contributed by atoms with Crippen molar-refractivity contribution in [2.24, 2.45) is 0 Å². The molecule has 1 fully saturated rings. The molecule has 5 nitrogen and oxygen atoms in total. The molecule has 1 unspecified atom stereocenters. The van der Waals surface area contributed by atoms with Crippen molar-refractivity contribution >= 4 is 18.6 Å². The van der Waals surface area contributed by atoms with Gasteiger partial charge in [-0.05, 0) is 5.50 Å². The Morgan fingerprint density at radius 1 is 1.91 bits per heavy atom. The van der Waals surface area contributed by atoms with Crippen molar-refractivity contribution < 1.29 is 9.90 Å². The highest BCUT2D eigenvalue weighted by atomic mass is 32.1. The normalized spacial score (nSPS) is 27.6. The van der Waals surface area contributed by atoms with Gasteiger partial charge in [0, 0.05) is 7.05 Å². The van der Waals surface area contributed by atoms with Crippen molar-refractivity contribution in [3.05, 3.63) is 0 Å². The molecule has 0 aromatic carbocycles. The predicted octanol–water partition coefficient (Wildman–Crippen LogP) is -1.39. The number of hydrogen-bond acceptors (Lipinski definition) is 5. The van der Waals surface area contributed by atoms with Gasteiger partial charge >= 0.3 is 5.97 Å². The van der Waals surface area contributed by atoms with Crippen molar-refractivity contribution in [1.29, 1.82) is 0 Å². The summed E-state index contributed by atoms with van der Waals surface area (Å²) in [6.07, 6.45) is 0. The maximum atomic E-state index is 10.3. The maximum absolute atomic E-state index is 10.3. The molecule has 2 N–H and O–H groups in total. The van der Waals surface area contributed by atoms with Gasteiger partial charge in [-0.1, -0.05) is 0 Å². The number of carboxylic acids is 1. The zero-order valence-electron chi connectivity index (χ0n) is 6.15. The average Bonchev–Trinajstić information content (AvgIpc) is 2.09. The summed E-state index contributed by atoms with van der Waals surface area (Å²) in [4.78, 5) is 11.9. The number of carbonyl (C=O) groups is 1. The average molecular weight is 176 g/mol. The molecule has 0 amide bonds. The number of nitrogens with zero attached hydrogens (tertiary/aromatic N) is 2. The van der Waals surface area contributed by atoms with Crippen LogP contribution in [0.5, 0.6) is 0 Å². The highest BCUT2D eigenvalue weighted by Crippen LogP contribution is 2.02. The molecule has 0 aromatic rings. The summed E-state index contributed by atoms with van der Waals surface area (Å²) in [5.74, 6) is -0.850. The molecule has 1 atom stereocenters. The van der Waals surface area contributed by atoms with E-state index in [-0.39, 0.29) is 12.0 Å². The van der Waals surface area contributed by atoms with Crippen molar-refractivity contribution in [3.63, 3.8) is 0 Å². The molecule has 0 spiro atoms. The second-order valence-electron chi connectivity index (χ2n) is 2.46. The van der Waals surface area contributed by atoms with Gasteiger partial charge in [0.15, 0.2) is 0 Å². The van der Waals surface area contributed by atoms with Crippen LogP contribution in [0.25, 0.3) is 0 Å². The van der Waals surface area contributed by atoms with Crippen LogP contribution in [0.4, 0.5) is 0 Å². The summed E-state index contributed by atoms with van der Waals surface area (Å²) in [5, 5.41) is 10.2. The van der Waals surface area contributed by atoms with E-state index in [9.17, 15) is 4.79 Å². The lowest BCUT2D eigenvalue weighted by Gasteiger charge is -2.25. The maximum Gasteiger partial charge on any atom is 0.317 e. The lowest BCUT2D eigenvalue weighted by atomic mass is 10.6. The van der Waals surface area contributed by atoms with E-state index in [1.54, 1.807) is 9.91 Å². The molecule has 0 radical (unpaired) electrons. The highest BCUT2D eigenvalue weighted by Gasteiger charge is 2.19. The van der Waals surface area contributed by atoms with E-state index in [2.05, 4.69) is 5.43 Å². The van der Waals surface area contributed by atoms with Gasteiger partial charge in [0.2, 0.25) is 0 Å². The standard InChI is InChI=1S/C5H11N3O2S/c1-7-3-8(2-4(9)10)5(11)6-7/h5-6,11H,2-3H2,1H3,(H,9,10)/p-1. The fourth-order valence-electron chi connectivity index (χ4n) is 0.964. The Labute approximate surface area is 70.3 Å². The first kappa shape index (κ1) is 8.79. The second-order valence-corrected chi connectivity index (χ2v) is 2.91. The van der Waals surface area contributed by atoms with Crippen LogP contribution in [0.3, 0.4) is 0 Å². The number of hydrazine groups is 1. The van der Waals surface area contributed by atoms with Crippen molar-refractivity contribution in [3.8, 4) is 0 Å². The molecule has 0 bridgehead atoms. The molecule has 0 saturated carbocycles. The number of nitrogens with one attached hydrogen (secondary N) is 1. The molecule has 6 heteroatoms. The van der Waals surface area contributed by atoms with Crippen molar-refractivity contribution in [2.45, 2.75) is 5.50 Å². The molecule has 1 aliphatic heterocycles. The van der Waals surface area contributed by atoms with Gasteiger partial charge in [-0.25, -0.2) is 5.01 Å². The molecule has 0 aromatic heterocycles. The van der Waals surface area contributed by atoms with E-state index in [1.807, 2.05) is 7.05 Å². The Morgan fingerprint density at radius 2 is 2.55 bits per heavy atom. The third-order valence-electron chi connectivity index (χ3n) is 1.39. The zero-order chi connectivity index (χ0) is 8.43. The van der Waals surface area contributed by atoms with Crippen LogP contribution in [0.2, 0.25) is 0 Å². The number of hydrogen-bond donors (Lipinski definition) is 2. The lowest BCUT2D eigenvalue weighted by Crippen LogP contribution is -2.37. The summed E-state index contributed by atoms with van der Waals surface area (Å²) in [7, 11) is 1.82. The summed E-state index contributed by atoms with van der Waals surface area (Å²) < 4.78 is 0. The minimum atomic E-state index is -0.850. The minimum Gasteiger partial charge on any atom is -0.757 e. The van der Waals surface area contributed by atoms with E-state index in [1.165, 1.54) is 0 Å². The third-order valence-corrected chi connectivity index (χ3v) is 1.80. The molecule has 1 rings (SSSR count). The van der Waals surface area contributed by atoms with E-state index >= 15 is 0 Å². The first-order chi connectivity index (χ1) is 5.09. The van der Waals surface area contributed by atoms with E-state index in [4.69, 9.17) is 17.7 Å². The van der Waals surface area contributed by atoms with Crippen molar-refractivity contribution in [2.75, 3.05) is 20.3 Å². The summed E-state index contributed by atoms with van der Waals surface area (Å²) in [6.45, 7) is 0.548. The van der Waals surface area contributed by atoms with Crippen LogP contribution < -0.4 is 5.43 Å². The fraction of sp³-hybridized carbons (Fsp3) is 0.800. The Morgan fingerprint density at radius 3 is 2.91 bits per heavy atom. The third kappa shape index (κ3) is 2.33. The number of rotatable bonds is 2. The van der Waals surface area contributed by atoms with Crippen molar-refractivity contribution in [1.82, 2.24) is 15.3 Å². The summed E-state index contributed by atoms with van der Waals surface area (Å²) in [6, 6.07) is 0. The van der Waals surface area contributed by atoms with E-state index in [0.29, 0.717) is 6.67 Å². The molecule has 1 heterocycles. The largest absolute Gasteiger partial charge is 0.757 e. The van der Waals surface area contributed by atoms with Crippen LogP contribution in [0.1, 0.15) is 0 Å². The van der Waals surface area contributed by atoms with Gasteiger partial charge in [-0.2, -0.15) is 0 Å². The van der Waals surface area contributed by atoms with Gasteiger partial charge in [0.1, 0.15) is 0 Å². The van der Waals surface area contributed by atoms with Gasteiger partial charge in [-0.15, -0.1) is 0 Å². The van der Waals surface area contributed by atoms with E-state index < -0.39 is 5.97 Å². The molecular formula is C5H10N3O2S-. The van der Waals surface area contributed by atoms with Crippen LogP contribution in [0.15, 0.2) is 0 Å². The molecule has 0 aliphatic carbocycles. The highest BCUT2D eigenvalue weighted by molar-refractivity contribution is 7.59. The smallest absolute Gasteiger partial charge is 0.317 e. The van der Waals surface area contributed by atoms with Gasteiger partial charge in [-0.3, -0.25) is 15.1 Å². The number of carboxylic acid groups (broad SMARTS) is 1. The Kier molecular flexibility index (Phi) is 2.72. The van der Waals surface area contributed by atoms with Crippen LogP contribution >= 0.6 is 0 Å². The molecule has 64 valence electrons. The Balaban J connectivity index is 2.40. The number of aliphatic carboxylic acids is 1. The second kappa shape index (κ2) is 3.40. The van der Waals surface area contributed by atoms with Gasteiger partial charge in [0.25, 0.3) is 0 Å². The first-order valence-electron chi connectivity index (χ1n) is 3.18. The molecule has 11 heavy (non-hydrogen) atoms. The van der Waals surface area contributed by atoms with Crippen LogP contribution in [-0.2, 0) is 17.4 Å². The molecule has 1 aliphatic rings. The van der Waals surface area contributed by atoms with Gasteiger partial charge in [0.05, 0.1) is 13.2 Å². The lowest BCUT2D eigenvalue weighted by molar-refractivity contribution is -0.138. The minimum absolute atomic E-state index is 0.00843.